The minimum absolute atomic E-state index is 0.125. The number of nitrogens with one attached hydrogen (secondary N) is 1. The molecule has 0 spiro atoms. The Bertz CT molecular complexity index is 853. The first kappa shape index (κ1) is 15.4. The molecule has 0 radical (unpaired) electrons. The summed E-state index contributed by atoms with van der Waals surface area (Å²) in [5.41, 5.74) is 1.53. The molecule has 0 aliphatic rings. The molecule has 0 fully saturated rings. The van der Waals surface area contributed by atoms with Crippen molar-refractivity contribution in [3.05, 3.63) is 42.1 Å². The minimum Gasteiger partial charge on any atom is -0.473 e. The lowest BCUT2D eigenvalue weighted by Crippen LogP contribution is -2.28. The quantitative estimate of drug-likeness (QED) is 0.775. The summed E-state index contributed by atoms with van der Waals surface area (Å²) in [5, 5.41) is 10.5. The molecule has 3 aromatic rings. The molecule has 0 saturated heterocycles. The zero-order chi connectivity index (χ0) is 16.6. The Morgan fingerprint density at radius 1 is 1.35 bits per heavy atom. The number of halogens is 1. The van der Waals surface area contributed by atoms with Gasteiger partial charge in [-0.15, -0.1) is 0 Å². The van der Waals surface area contributed by atoms with Crippen LogP contribution in [0.3, 0.4) is 0 Å². The van der Waals surface area contributed by atoms with Crippen LogP contribution in [0.2, 0.25) is 0 Å². The Morgan fingerprint density at radius 2 is 2.13 bits per heavy atom. The van der Waals surface area contributed by atoms with Crippen LogP contribution in [0.5, 0.6) is 5.88 Å². The maximum absolute atomic E-state index is 13.8. The summed E-state index contributed by atoms with van der Waals surface area (Å²) in [6.07, 6.45) is 3.30. The number of benzene rings is 1. The Morgan fingerprint density at radius 3 is 2.83 bits per heavy atom. The van der Waals surface area contributed by atoms with E-state index in [0.717, 1.165) is 10.9 Å². The molecule has 0 atom stereocenters. The first-order valence-corrected chi connectivity index (χ1v) is 7.30. The van der Waals surface area contributed by atoms with Crippen molar-refractivity contribution < 1.29 is 14.2 Å². The predicted molar refractivity (Wildman–Crippen MR) is 85.8 cm³/mol. The second kappa shape index (κ2) is 5.62. The molecule has 1 aromatic carbocycles. The van der Waals surface area contributed by atoms with Crippen LogP contribution in [0.1, 0.15) is 19.5 Å². The van der Waals surface area contributed by atoms with Gasteiger partial charge >= 0.3 is 0 Å². The fraction of sp³-hybridized carbons (Fsp3) is 0.294. The molecule has 0 bridgehead atoms. The van der Waals surface area contributed by atoms with E-state index in [2.05, 4.69) is 15.0 Å². The molecular formula is C17H18FN3O2. The number of aromatic amines is 1. The van der Waals surface area contributed by atoms with Gasteiger partial charge in [-0.1, -0.05) is 12.1 Å². The van der Waals surface area contributed by atoms with Gasteiger partial charge in [0.05, 0.1) is 23.0 Å². The van der Waals surface area contributed by atoms with Gasteiger partial charge in [-0.25, -0.2) is 14.4 Å². The van der Waals surface area contributed by atoms with Gasteiger partial charge < -0.3 is 14.8 Å². The zero-order valence-corrected chi connectivity index (χ0v) is 13.2. The lowest BCUT2D eigenvalue weighted by Gasteiger charge is -2.17. The molecule has 0 aliphatic carbocycles. The lowest BCUT2D eigenvalue weighted by atomic mass is 10.1. The molecule has 3 rings (SSSR count). The van der Waals surface area contributed by atoms with Crippen molar-refractivity contribution in [2.24, 2.45) is 0 Å². The van der Waals surface area contributed by atoms with Crippen LogP contribution in [-0.4, -0.2) is 32.3 Å². The fourth-order valence-corrected chi connectivity index (χ4v) is 2.32. The Kier molecular flexibility index (Phi) is 3.77. The number of rotatable bonds is 4. The van der Waals surface area contributed by atoms with Crippen LogP contribution in [0.15, 0.2) is 30.6 Å². The second-order valence-corrected chi connectivity index (χ2v) is 6.11. The highest BCUT2D eigenvalue weighted by molar-refractivity contribution is 5.94. The van der Waals surface area contributed by atoms with E-state index in [1.807, 2.05) is 6.07 Å². The first-order valence-electron chi connectivity index (χ1n) is 7.30. The molecule has 2 aromatic heterocycles. The van der Waals surface area contributed by atoms with E-state index in [-0.39, 0.29) is 12.4 Å². The van der Waals surface area contributed by atoms with Gasteiger partial charge in [-0.05, 0) is 26.8 Å². The third-order valence-electron chi connectivity index (χ3n) is 3.40. The van der Waals surface area contributed by atoms with E-state index < -0.39 is 5.60 Å². The summed E-state index contributed by atoms with van der Waals surface area (Å²) in [5.74, 6) is 0.0745. The fourth-order valence-electron chi connectivity index (χ4n) is 2.32. The van der Waals surface area contributed by atoms with E-state index in [0.29, 0.717) is 22.8 Å². The Hall–Kier alpha value is -2.47. The van der Waals surface area contributed by atoms with Crippen LogP contribution in [0.25, 0.3) is 22.2 Å². The predicted octanol–water partition coefficient (Wildman–Crippen LogP) is 3.22. The third-order valence-corrected chi connectivity index (χ3v) is 3.40. The van der Waals surface area contributed by atoms with E-state index in [4.69, 9.17) is 4.74 Å². The van der Waals surface area contributed by atoms with Gasteiger partial charge in [0.15, 0.2) is 0 Å². The Balaban J connectivity index is 1.94. The number of aliphatic hydroxyl groups is 1. The van der Waals surface area contributed by atoms with Gasteiger partial charge in [-0.2, -0.15) is 0 Å². The number of nitrogens with zero attached hydrogens (tertiary/aromatic N) is 2. The molecular weight excluding hydrogens is 297 g/mol. The van der Waals surface area contributed by atoms with Gasteiger partial charge in [0.1, 0.15) is 18.1 Å². The van der Waals surface area contributed by atoms with E-state index >= 15 is 0 Å². The molecule has 2 N–H and O–H groups in total. The number of H-pyrrole nitrogens is 1. The van der Waals surface area contributed by atoms with Crippen LogP contribution in [0.4, 0.5) is 4.39 Å². The lowest BCUT2D eigenvalue weighted by molar-refractivity contribution is 0.0264. The number of hydrogen-bond donors (Lipinski definition) is 2. The van der Waals surface area contributed by atoms with E-state index in [1.54, 1.807) is 39.2 Å². The van der Waals surface area contributed by atoms with Crippen LogP contribution in [0, 0.1) is 12.7 Å². The summed E-state index contributed by atoms with van der Waals surface area (Å²) >= 11 is 0. The normalized spacial score (nSPS) is 11.9. The highest BCUT2D eigenvalue weighted by Crippen LogP contribution is 2.29. The molecule has 6 heteroatoms. The van der Waals surface area contributed by atoms with Crippen LogP contribution in [-0.2, 0) is 0 Å². The maximum atomic E-state index is 13.8. The number of aryl methyl sites for hydroxylation is 1. The first-order chi connectivity index (χ1) is 10.8. The SMILES string of the molecule is Cc1nc(-c2c[nH]c3c(F)cccc23)cnc1OCC(C)(C)O. The van der Waals surface area contributed by atoms with E-state index in [9.17, 15) is 9.50 Å². The van der Waals surface area contributed by atoms with Crippen LogP contribution >= 0.6 is 0 Å². The number of aromatic nitrogens is 3. The Labute approximate surface area is 133 Å². The summed E-state index contributed by atoms with van der Waals surface area (Å²) in [6.45, 7) is 5.22. The molecule has 0 amide bonds. The van der Waals surface area contributed by atoms with Crippen molar-refractivity contribution in [2.45, 2.75) is 26.4 Å². The summed E-state index contributed by atoms with van der Waals surface area (Å²) in [4.78, 5) is 11.7. The van der Waals surface area contributed by atoms with Crippen molar-refractivity contribution >= 4 is 10.9 Å². The number of fused-ring (bicyclic) bond motifs is 1. The van der Waals surface area contributed by atoms with Gasteiger partial charge in [-0.3, -0.25) is 0 Å². The topological polar surface area (TPSA) is 71.0 Å². The van der Waals surface area contributed by atoms with Gasteiger partial charge in [0.2, 0.25) is 5.88 Å². The smallest absolute Gasteiger partial charge is 0.235 e. The molecule has 0 unspecified atom stereocenters. The maximum Gasteiger partial charge on any atom is 0.235 e. The van der Waals surface area contributed by atoms with Crippen molar-refractivity contribution in [3.8, 4) is 17.1 Å². The molecule has 5 nitrogen and oxygen atoms in total. The van der Waals surface area contributed by atoms with Crippen molar-refractivity contribution in [2.75, 3.05) is 6.61 Å². The van der Waals surface area contributed by atoms with Gasteiger partial charge in [0, 0.05) is 17.1 Å². The molecule has 120 valence electrons. The largest absolute Gasteiger partial charge is 0.473 e. The zero-order valence-electron chi connectivity index (χ0n) is 13.2. The standard InChI is InChI=1S/C17H18FN3O2/c1-10-16(23-9-17(2,3)22)20-8-14(21-10)12-7-19-15-11(12)5-4-6-13(15)18/h4-8,19,22H,9H2,1-3H3. The average molecular weight is 315 g/mol. The summed E-state index contributed by atoms with van der Waals surface area (Å²) in [7, 11) is 0. The third kappa shape index (κ3) is 3.17. The van der Waals surface area contributed by atoms with Crippen molar-refractivity contribution in [1.82, 2.24) is 15.0 Å². The highest BCUT2D eigenvalue weighted by atomic mass is 19.1. The number of para-hydroxylation sites is 1. The second-order valence-electron chi connectivity index (χ2n) is 6.11. The molecule has 2 heterocycles. The van der Waals surface area contributed by atoms with Crippen molar-refractivity contribution in [1.29, 1.82) is 0 Å². The average Bonchev–Trinajstić information content (AvgIpc) is 2.90. The summed E-state index contributed by atoms with van der Waals surface area (Å²) < 4.78 is 19.2. The van der Waals surface area contributed by atoms with Crippen LogP contribution < -0.4 is 4.74 Å². The highest BCUT2D eigenvalue weighted by Gasteiger charge is 2.16. The molecule has 23 heavy (non-hydrogen) atoms. The molecule has 0 aliphatic heterocycles. The monoisotopic (exact) mass is 315 g/mol. The molecule has 0 saturated carbocycles. The number of ether oxygens (including phenoxy) is 1. The number of hydrogen-bond acceptors (Lipinski definition) is 4. The van der Waals surface area contributed by atoms with Gasteiger partial charge in [0.25, 0.3) is 0 Å². The minimum atomic E-state index is -0.943. The van der Waals surface area contributed by atoms with E-state index in [1.165, 1.54) is 6.07 Å². The summed E-state index contributed by atoms with van der Waals surface area (Å²) in [6, 6.07) is 4.91. The van der Waals surface area contributed by atoms with Crippen molar-refractivity contribution in [3.63, 3.8) is 0 Å².